The molecule has 124 valence electrons. The molecule has 2 amide bonds. The van der Waals surface area contributed by atoms with Gasteiger partial charge in [-0.1, -0.05) is 43.9 Å². The molecule has 1 heterocycles. The lowest BCUT2D eigenvalue weighted by molar-refractivity contribution is 0.178. The molecule has 0 bridgehead atoms. The van der Waals surface area contributed by atoms with E-state index in [0.29, 0.717) is 12.5 Å². The van der Waals surface area contributed by atoms with Gasteiger partial charge in [0.1, 0.15) is 0 Å². The molecule has 0 unspecified atom stereocenters. The highest BCUT2D eigenvalue weighted by Crippen LogP contribution is 2.11. The number of nitrogens with one attached hydrogen (secondary N) is 2. The number of urea groups is 1. The molecule has 4 heteroatoms. The molecule has 0 spiro atoms. The van der Waals surface area contributed by atoms with Crippen LogP contribution in [0.5, 0.6) is 0 Å². The molecule has 1 fully saturated rings. The number of likely N-dealkylation sites (tertiary alicyclic amines) is 1. The third-order valence-corrected chi connectivity index (χ3v) is 3.89. The van der Waals surface area contributed by atoms with E-state index >= 15 is 0 Å². The maximum absolute atomic E-state index is 11.9. The third kappa shape index (κ3) is 6.75. The molecule has 1 aromatic rings. The Balaban J connectivity index is 1.63. The zero-order valence-electron chi connectivity index (χ0n) is 14.1. The first-order valence-corrected chi connectivity index (χ1v) is 8.44. The number of benzene rings is 1. The Hall–Kier alpha value is -1.99. The minimum absolute atomic E-state index is 0.116. The Morgan fingerprint density at radius 1 is 1.26 bits per heavy atom. The lowest BCUT2D eigenvalue weighted by Crippen LogP contribution is -2.48. The fraction of sp³-hybridized carbons (Fsp3) is 0.526. The van der Waals surface area contributed by atoms with Crippen molar-refractivity contribution in [2.45, 2.75) is 32.7 Å². The maximum atomic E-state index is 11.9. The van der Waals surface area contributed by atoms with Crippen LogP contribution in [0.2, 0.25) is 0 Å². The van der Waals surface area contributed by atoms with E-state index in [0.717, 1.165) is 38.0 Å². The average molecular weight is 313 g/mol. The standard InChI is InChI=1S/C19H27N3O/c1-16(2)15-22-13-10-18(11-14-22)21-19(23)20-12-6-9-17-7-4-3-5-8-17/h3-5,7-8,16,18H,10-15H2,1-2H3,(H2,20,21,23). The lowest BCUT2D eigenvalue weighted by Gasteiger charge is -2.33. The van der Waals surface area contributed by atoms with Crippen LogP contribution in [0.1, 0.15) is 32.3 Å². The highest BCUT2D eigenvalue weighted by atomic mass is 16.2. The van der Waals surface area contributed by atoms with E-state index in [1.165, 1.54) is 0 Å². The highest BCUT2D eigenvalue weighted by Gasteiger charge is 2.20. The van der Waals surface area contributed by atoms with Gasteiger partial charge in [-0.15, -0.1) is 0 Å². The number of carbonyl (C=O) groups is 1. The summed E-state index contributed by atoms with van der Waals surface area (Å²) in [6, 6.07) is 9.94. The lowest BCUT2D eigenvalue weighted by atomic mass is 10.0. The number of carbonyl (C=O) groups excluding carboxylic acids is 1. The summed E-state index contributed by atoms with van der Waals surface area (Å²) in [5.74, 6) is 6.70. The normalized spacial score (nSPS) is 15.8. The van der Waals surface area contributed by atoms with Crippen LogP contribution in [0.4, 0.5) is 4.79 Å². The molecular formula is C19H27N3O. The third-order valence-electron chi connectivity index (χ3n) is 3.89. The predicted molar refractivity (Wildman–Crippen MR) is 94.2 cm³/mol. The number of piperidine rings is 1. The maximum Gasteiger partial charge on any atom is 0.315 e. The van der Waals surface area contributed by atoms with Crippen molar-refractivity contribution < 1.29 is 4.79 Å². The first kappa shape index (κ1) is 17.4. The van der Waals surface area contributed by atoms with Crippen molar-refractivity contribution in [1.29, 1.82) is 0 Å². The summed E-state index contributed by atoms with van der Waals surface area (Å²) in [5.41, 5.74) is 0.965. The molecule has 1 aliphatic rings. The molecule has 2 rings (SSSR count). The summed E-state index contributed by atoms with van der Waals surface area (Å²) in [6.07, 6.45) is 2.05. The van der Waals surface area contributed by atoms with Crippen molar-refractivity contribution in [3.63, 3.8) is 0 Å². The van der Waals surface area contributed by atoms with Crippen LogP contribution in [-0.2, 0) is 0 Å². The van der Waals surface area contributed by atoms with Crippen LogP contribution in [0, 0.1) is 17.8 Å². The minimum atomic E-state index is -0.116. The van der Waals surface area contributed by atoms with Crippen molar-refractivity contribution in [3.8, 4) is 11.8 Å². The fourth-order valence-electron chi connectivity index (χ4n) is 2.80. The van der Waals surface area contributed by atoms with E-state index in [2.05, 4.69) is 41.2 Å². The molecule has 0 atom stereocenters. The summed E-state index contributed by atoms with van der Waals surface area (Å²) >= 11 is 0. The Morgan fingerprint density at radius 3 is 2.61 bits per heavy atom. The second-order valence-corrected chi connectivity index (χ2v) is 6.46. The number of nitrogens with zero attached hydrogens (tertiary/aromatic N) is 1. The summed E-state index contributed by atoms with van der Waals surface area (Å²) in [6.45, 7) is 8.14. The van der Waals surface area contributed by atoms with Gasteiger partial charge in [-0.05, 0) is 30.9 Å². The van der Waals surface area contributed by atoms with Crippen LogP contribution >= 0.6 is 0 Å². The molecule has 4 nitrogen and oxygen atoms in total. The number of amides is 2. The van der Waals surface area contributed by atoms with E-state index in [-0.39, 0.29) is 12.1 Å². The van der Waals surface area contributed by atoms with Crippen LogP contribution in [0.3, 0.4) is 0 Å². The van der Waals surface area contributed by atoms with Crippen LogP contribution in [-0.4, -0.2) is 43.2 Å². The Labute approximate surface area is 139 Å². The first-order chi connectivity index (χ1) is 11.1. The molecule has 2 N–H and O–H groups in total. The van der Waals surface area contributed by atoms with Gasteiger partial charge in [0.2, 0.25) is 0 Å². The zero-order valence-corrected chi connectivity index (χ0v) is 14.1. The van der Waals surface area contributed by atoms with Crippen molar-refractivity contribution in [2.75, 3.05) is 26.2 Å². The van der Waals surface area contributed by atoms with Crippen LogP contribution < -0.4 is 10.6 Å². The van der Waals surface area contributed by atoms with Gasteiger partial charge in [0.15, 0.2) is 0 Å². The van der Waals surface area contributed by atoms with E-state index in [1.807, 2.05) is 30.3 Å². The predicted octanol–water partition coefficient (Wildman–Crippen LogP) is 2.46. The van der Waals surface area contributed by atoms with Crippen molar-refractivity contribution in [2.24, 2.45) is 5.92 Å². The Bertz CT molecular complexity index is 537. The zero-order chi connectivity index (χ0) is 16.5. The second-order valence-electron chi connectivity index (χ2n) is 6.46. The van der Waals surface area contributed by atoms with Crippen molar-refractivity contribution in [3.05, 3.63) is 35.9 Å². The summed E-state index contributed by atoms with van der Waals surface area (Å²) in [5, 5.41) is 5.85. The average Bonchev–Trinajstić information content (AvgIpc) is 2.54. The van der Waals surface area contributed by atoms with E-state index in [1.54, 1.807) is 0 Å². The molecule has 0 saturated carbocycles. The number of hydrogen-bond donors (Lipinski definition) is 2. The topological polar surface area (TPSA) is 44.4 Å². The van der Waals surface area contributed by atoms with E-state index in [4.69, 9.17) is 0 Å². The van der Waals surface area contributed by atoms with Gasteiger partial charge in [-0.2, -0.15) is 0 Å². The Morgan fingerprint density at radius 2 is 1.96 bits per heavy atom. The quantitative estimate of drug-likeness (QED) is 0.839. The number of hydrogen-bond acceptors (Lipinski definition) is 2. The molecule has 23 heavy (non-hydrogen) atoms. The Kier molecular flexibility index (Phi) is 6.96. The largest absolute Gasteiger partial charge is 0.335 e. The van der Waals surface area contributed by atoms with E-state index in [9.17, 15) is 4.79 Å². The van der Waals surface area contributed by atoms with E-state index < -0.39 is 0 Å². The summed E-state index contributed by atoms with van der Waals surface area (Å²) in [4.78, 5) is 14.4. The van der Waals surface area contributed by atoms with Crippen LogP contribution in [0.25, 0.3) is 0 Å². The van der Waals surface area contributed by atoms with Gasteiger partial charge in [-0.3, -0.25) is 0 Å². The SMILES string of the molecule is CC(C)CN1CCC(NC(=O)NCC#Cc2ccccc2)CC1. The monoisotopic (exact) mass is 313 g/mol. The molecule has 1 aromatic carbocycles. The summed E-state index contributed by atoms with van der Waals surface area (Å²) in [7, 11) is 0. The van der Waals surface area contributed by atoms with Gasteiger partial charge in [0, 0.05) is 31.2 Å². The minimum Gasteiger partial charge on any atom is -0.335 e. The van der Waals surface area contributed by atoms with Gasteiger partial charge >= 0.3 is 6.03 Å². The van der Waals surface area contributed by atoms with Crippen LogP contribution in [0.15, 0.2) is 30.3 Å². The van der Waals surface area contributed by atoms with Gasteiger partial charge in [0.05, 0.1) is 6.54 Å². The smallest absolute Gasteiger partial charge is 0.315 e. The van der Waals surface area contributed by atoms with Crippen molar-refractivity contribution in [1.82, 2.24) is 15.5 Å². The number of rotatable bonds is 4. The fourth-order valence-corrected chi connectivity index (χ4v) is 2.80. The molecule has 0 aliphatic carbocycles. The first-order valence-electron chi connectivity index (χ1n) is 8.44. The molecule has 0 radical (unpaired) electrons. The van der Waals surface area contributed by atoms with Gasteiger partial charge in [0.25, 0.3) is 0 Å². The second kappa shape index (κ2) is 9.22. The molecular weight excluding hydrogens is 286 g/mol. The van der Waals surface area contributed by atoms with Gasteiger partial charge in [-0.25, -0.2) is 4.79 Å². The highest BCUT2D eigenvalue weighted by molar-refractivity contribution is 5.74. The molecule has 0 aromatic heterocycles. The van der Waals surface area contributed by atoms with Gasteiger partial charge < -0.3 is 15.5 Å². The summed E-state index contributed by atoms with van der Waals surface area (Å²) < 4.78 is 0. The molecule has 1 saturated heterocycles. The molecule has 1 aliphatic heterocycles. The van der Waals surface area contributed by atoms with Crippen molar-refractivity contribution >= 4 is 6.03 Å².